The van der Waals surface area contributed by atoms with E-state index < -0.39 is 119 Å². The quantitative estimate of drug-likeness (QED) is 0.0830. The van der Waals surface area contributed by atoms with E-state index in [1.165, 1.54) is 13.1 Å². The van der Waals surface area contributed by atoms with Gasteiger partial charge in [0.15, 0.2) is 36.5 Å². The number of aromatic nitrogens is 1. The summed E-state index contributed by atoms with van der Waals surface area (Å²) in [5.74, 6) is -4.25. The first-order chi connectivity index (χ1) is 39.0. The molecule has 1 aliphatic carbocycles. The van der Waals surface area contributed by atoms with Crippen molar-refractivity contribution in [1.29, 1.82) is 0 Å². The van der Waals surface area contributed by atoms with Crippen molar-refractivity contribution in [2.75, 3.05) is 54.6 Å². The first-order valence-corrected chi connectivity index (χ1v) is 29.4. The topological polar surface area (TPSA) is 237 Å². The van der Waals surface area contributed by atoms with Crippen LogP contribution < -0.4 is 5.43 Å². The Labute approximate surface area is 487 Å². The largest absolute Gasteiger partial charge is 0.509 e. The van der Waals surface area contributed by atoms with Gasteiger partial charge in [-0.3, -0.25) is 19.3 Å². The van der Waals surface area contributed by atoms with Gasteiger partial charge >= 0.3 is 24.1 Å². The Kier molecular flexibility index (Phi) is 19.6. The standard InChI is InChI=1S/C61H91N3O19/c1-18-73-55(68)43-30-64-46-41(31-75-58(64,10)11)25-40(26-42(46)47(43)66)20-19-21-72-22-23-74-53-38(8)77-45(28-60(53,13)71-17)79-48-34(4)50(81-56-49(78-39(9)65)44(62(14)15)24-33(3)76-56)59(12,70)27-32(2)29-63(16)37(7)52-61(83-57(69)82-52)36(6)51(61)80-54(67)35(48)5/h19,21,25-26,30,32-38,44-45,48-53,56,70H,18,20,22-24,27-29,31H2,1-17H3/t32-,33-,34+,35-,36?,37-,38+,44+,45+,48+,49-,50-,51-,52-,53+,56+,59-,60-,61-/m1/s1. The van der Waals surface area contributed by atoms with E-state index in [0.29, 0.717) is 36.9 Å². The van der Waals surface area contributed by atoms with Crippen molar-refractivity contribution in [3.8, 4) is 0 Å². The number of hydrogen-bond acceptors (Lipinski definition) is 21. The molecule has 22 nitrogen and oxygen atoms in total. The van der Waals surface area contributed by atoms with E-state index in [-0.39, 0.29) is 68.2 Å². The van der Waals surface area contributed by atoms with Crippen LogP contribution in [0.5, 0.6) is 0 Å². The lowest BCUT2D eigenvalue weighted by atomic mass is 9.77. The molecule has 6 aliphatic rings. The fraction of sp³-hybridized carbons (Fsp3) is 0.754. The number of carbonyl (C=O) groups excluding carboxylic acids is 4. The molecule has 1 N–H and O–H groups in total. The minimum absolute atomic E-state index is 0.0573. The molecule has 464 valence electrons. The summed E-state index contributed by atoms with van der Waals surface area (Å²) in [5.41, 5.74) is -2.71. The van der Waals surface area contributed by atoms with E-state index in [4.69, 9.17) is 61.6 Å². The van der Waals surface area contributed by atoms with Crippen LogP contribution in [0.4, 0.5) is 4.79 Å². The number of carbonyl (C=O) groups is 4. The minimum Gasteiger partial charge on any atom is -0.499 e. The summed E-state index contributed by atoms with van der Waals surface area (Å²) < 4.78 is 83.1. The van der Waals surface area contributed by atoms with Crippen molar-refractivity contribution in [2.45, 2.75) is 218 Å². The van der Waals surface area contributed by atoms with Crippen LogP contribution in [-0.4, -0.2) is 188 Å². The summed E-state index contributed by atoms with van der Waals surface area (Å²) in [6.07, 6.45) is -2.89. The van der Waals surface area contributed by atoms with Crippen LogP contribution in [0.15, 0.2) is 35.5 Å². The second-order valence-corrected chi connectivity index (χ2v) is 25.3. The number of pyridine rings is 1. The first-order valence-electron chi connectivity index (χ1n) is 29.4. The van der Waals surface area contributed by atoms with Crippen molar-refractivity contribution in [1.82, 2.24) is 14.4 Å². The molecular formula is C61H91N3O19. The van der Waals surface area contributed by atoms with Crippen molar-refractivity contribution in [3.63, 3.8) is 0 Å². The Morgan fingerprint density at radius 2 is 1.64 bits per heavy atom. The van der Waals surface area contributed by atoms with Gasteiger partial charge in [0.1, 0.15) is 24.0 Å². The van der Waals surface area contributed by atoms with E-state index in [1.54, 1.807) is 40.2 Å². The summed E-state index contributed by atoms with van der Waals surface area (Å²) in [6.45, 7) is 24.8. The van der Waals surface area contributed by atoms with Crippen molar-refractivity contribution in [2.24, 2.45) is 23.7 Å². The molecule has 0 amide bonds. The Morgan fingerprint density at radius 3 is 2.31 bits per heavy atom. The molecule has 0 bridgehead atoms. The average Bonchev–Trinajstić information content (AvgIpc) is 1.95. The van der Waals surface area contributed by atoms with Crippen LogP contribution in [0.2, 0.25) is 0 Å². The highest BCUT2D eigenvalue weighted by Crippen LogP contribution is 2.57. The number of hydrogen-bond donors (Lipinski definition) is 1. The zero-order chi connectivity index (χ0) is 60.8. The second-order valence-electron chi connectivity index (χ2n) is 25.3. The van der Waals surface area contributed by atoms with Gasteiger partial charge < -0.3 is 76.2 Å². The van der Waals surface area contributed by atoms with Gasteiger partial charge in [0, 0.05) is 62.0 Å². The number of nitrogens with zero attached hydrogens (tertiary/aromatic N) is 3. The summed E-state index contributed by atoms with van der Waals surface area (Å²) in [5, 5.41) is 13.4. The molecule has 1 saturated carbocycles. The number of esters is 3. The summed E-state index contributed by atoms with van der Waals surface area (Å²) in [4.78, 5) is 71.1. The van der Waals surface area contributed by atoms with Gasteiger partial charge in [-0.15, -0.1) is 0 Å². The number of likely N-dealkylation sites (N-methyl/N-ethyl adjacent to an activating group) is 2. The van der Waals surface area contributed by atoms with E-state index in [0.717, 1.165) is 11.1 Å². The van der Waals surface area contributed by atoms with Gasteiger partial charge in [0.25, 0.3) is 0 Å². The van der Waals surface area contributed by atoms with E-state index >= 15 is 0 Å². The molecule has 8 rings (SSSR count). The number of rotatable bonds is 16. The lowest BCUT2D eigenvalue weighted by molar-refractivity contribution is -0.321. The Hall–Kier alpha value is -4.75. The third-order valence-corrected chi connectivity index (χ3v) is 18.2. The molecule has 6 heterocycles. The Bertz CT molecular complexity index is 2770. The second kappa shape index (κ2) is 25.3. The zero-order valence-corrected chi connectivity index (χ0v) is 51.6. The molecule has 2 aromatic rings. The van der Waals surface area contributed by atoms with Crippen molar-refractivity contribution >= 4 is 35.0 Å². The van der Waals surface area contributed by atoms with Gasteiger partial charge in [0.2, 0.25) is 5.43 Å². The SMILES string of the molecule is CCOC(=O)c1cn2c3c(cc(CC=COCCO[C@H]4[C@H](C)O[C@@H](O[C@H]5[C@H](C)[C@@H](O[C@@H]6O[C@H](C)C[C@H](N(C)C)[C@H]6OC(C)=O)[C@](C)(O)C[C@@H](C)CN(C)[C@H](C)[C@H]6OC(=O)O[C@@]67C(C)[C@H]7OC(=O)[C@@H]5C)C[C@@]4(C)OC)cc3c1=O)COC2(C)C. The molecule has 19 atom stereocenters. The third-order valence-electron chi connectivity index (χ3n) is 18.2. The number of methoxy groups -OCH3 is 1. The predicted octanol–water partition coefficient (Wildman–Crippen LogP) is 6.39. The monoisotopic (exact) mass is 1170 g/mol. The Balaban J connectivity index is 1.01. The fourth-order valence-corrected chi connectivity index (χ4v) is 13.7. The van der Waals surface area contributed by atoms with Crippen LogP contribution in [0.25, 0.3) is 10.9 Å². The van der Waals surface area contributed by atoms with Crippen molar-refractivity contribution < 1.29 is 85.9 Å². The lowest BCUT2D eigenvalue weighted by Crippen LogP contribution is -2.61. The number of aliphatic hydroxyl groups is 1. The zero-order valence-electron chi connectivity index (χ0n) is 51.6. The molecule has 0 radical (unpaired) electrons. The van der Waals surface area contributed by atoms with Crippen LogP contribution in [0.3, 0.4) is 0 Å². The first kappa shape index (κ1) is 64.3. The molecule has 22 heteroatoms. The van der Waals surface area contributed by atoms with Gasteiger partial charge in [-0.05, 0) is 126 Å². The van der Waals surface area contributed by atoms with Gasteiger partial charge in [-0.2, -0.15) is 0 Å². The molecule has 5 aliphatic heterocycles. The molecule has 1 aromatic carbocycles. The maximum Gasteiger partial charge on any atom is 0.509 e. The molecular weight excluding hydrogens is 1080 g/mol. The molecule has 1 aromatic heterocycles. The fourth-order valence-electron chi connectivity index (χ4n) is 13.7. The van der Waals surface area contributed by atoms with E-state index in [9.17, 15) is 29.1 Å². The van der Waals surface area contributed by atoms with E-state index in [2.05, 4.69) is 4.90 Å². The third kappa shape index (κ3) is 13.2. The molecule has 5 fully saturated rings. The summed E-state index contributed by atoms with van der Waals surface area (Å²) in [6, 6.07) is 3.13. The normalized spacial score (nSPS) is 38.5. The highest BCUT2D eigenvalue weighted by molar-refractivity contribution is 5.95. The van der Waals surface area contributed by atoms with E-state index in [1.807, 2.05) is 105 Å². The molecule has 1 unspecified atom stereocenters. The van der Waals surface area contributed by atoms with Gasteiger partial charge in [0.05, 0.1) is 79.2 Å². The number of allylic oxidation sites excluding steroid dienone is 1. The van der Waals surface area contributed by atoms with Gasteiger partial charge in [-0.1, -0.05) is 26.8 Å². The maximum atomic E-state index is 14.8. The van der Waals surface area contributed by atoms with Crippen molar-refractivity contribution in [3.05, 3.63) is 57.6 Å². The van der Waals surface area contributed by atoms with Crippen LogP contribution in [-0.2, 0) is 89.9 Å². The minimum atomic E-state index is -1.63. The summed E-state index contributed by atoms with van der Waals surface area (Å²) >= 11 is 0. The maximum absolute atomic E-state index is 14.8. The number of benzene rings is 1. The van der Waals surface area contributed by atoms with Gasteiger partial charge in [-0.25, -0.2) is 9.59 Å². The molecule has 83 heavy (non-hydrogen) atoms. The lowest BCUT2D eigenvalue weighted by Gasteiger charge is -2.49. The molecule has 1 spiro atoms. The average molecular weight is 1170 g/mol. The van der Waals surface area contributed by atoms with Crippen LogP contribution in [0, 0.1) is 23.7 Å². The van der Waals surface area contributed by atoms with Crippen LogP contribution in [0.1, 0.15) is 131 Å². The Morgan fingerprint density at radius 1 is 0.916 bits per heavy atom. The highest BCUT2D eigenvalue weighted by atomic mass is 16.8. The smallest absolute Gasteiger partial charge is 0.499 e. The highest BCUT2D eigenvalue weighted by Gasteiger charge is 2.78. The van der Waals surface area contributed by atoms with Crippen LogP contribution >= 0.6 is 0 Å². The summed E-state index contributed by atoms with van der Waals surface area (Å²) in [7, 11) is 7.30. The predicted molar refractivity (Wildman–Crippen MR) is 301 cm³/mol. The molecule has 4 saturated heterocycles. The number of ether oxygens (including phenoxy) is 13.